The number of aliphatic hydroxyl groups is 1. The highest BCUT2D eigenvalue weighted by Gasteiger charge is 2.00. The van der Waals surface area contributed by atoms with Crippen molar-refractivity contribution in [1.29, 1.82) is 0 Å². The van der Waals surface area contributed by atoms with Gasteiger partial charge in [-0.15, -0.1) is 0 Å². The highest BCUT2D eigenvalue weighted by atomic mass is 79.9. The summed E-state index contributed by atoms with van der Waals surface area (Å²) in [5, 5.41) is 10.0. The second kappa shape index (κ2) is 21.0. The van der Waals surface area contributed by atoms with E-state index >= 15 is 0 Å². The Balaban J connectivity index is 3.71. The Kier molecular flexibility index (Phi) is 19.7. The normalized spacial score (nSPS) is 12.3. The van der Waals surface area contributed by atoms with Crippen molar-refractivity contribution in [1.82, 2.24) is 0 Å². The van der Waals surface area contributed by atoms with Gasteiger partial charge in [-0.25, -0.2) is 0 Å². The van der Waals surface area contributed by atoms with Crippen LogP contribution in [0.5, 0.6) is 0 Å². The summed E-state index contributed by atoms with van der Waals surface area (Å²) >= 11 is 3.47. The fraction of sp³-hybridized carbons (Fsp3) is 0.560. The van der Waals surface area contributed by atoms with Crippen LogP contribution >= 0.6 is 15.9 Å². The maximum Gasteiger partial charge on any atom is 0.306 e. The van der Waals surface area contributed by atoms with Crippen molar-refractivity contribution in [3.8, 4) is 23.7 Å². The molecule has 0 aromatic carbocycles. The number of ether oxygens (including phenoxy) is 1. The molecule has 0 amide bonds. The molecule has 0 aliphatic rings. The minimum atomic E-state index is -0.385. The van der Waals surface area contributed by atoms with Crippen LogP contribution in [0.4, 0.5) is 0 Å². The van der Waals surface area contributed by atoms with Gasteiger partial charge >= 0.3 is 5.97 Å². The number of carbonyl (C=O) groups excluding carboxylic acids is 1. The quantitative estimate of drug-likeness (QED) is 0.144. The molecule has 0 heterocycles. The van der Waals surface area contributed by atoms with E-state index in [4.69, 9.17) is 4.74 Å². The second-order valence-electron chi connectivity index (χ2n) is 6.58. The van der Waals surface area contributed by atoms with Crippen LogP contribution in [0.2, 0.25) is 0 Å². The molecule has 0 bridgehead atoms. The zero-order valence-electron chi connectivity index (χ0n) is 17.9. The van der Waals surface area contributed by atoms with Gasteiger partial charge in [0, 0.05) is 10.9 Å². The standard InChI is InChI=1S/C25H35BrO3/c1-3-5-16-19-23(26)22-24(27)20-17-14-12-10-8-6-7-9-11-13-15-18-21-25(28)29-4-2/h6-7,16,19,22,24,27H,3-5,8,10,12,14,17-18,20-21H2,1-2H3. The van der Waals surface area contributed by atoms with Crippen LogP contribution in [-0.2, 0) is 9.53 Å². The molecular formula is C25H35BrO3. The minimum Gasteiger partial charge on any atom is -0.466 e. The Hall–Kier alpha value is -1.75. The van der Waals surface area contributed by atoms with Crippen molar-refractivity contribution in [3.05, 3.63) is 34.9 Å². The highest BCUT2D eigenvalue weighted by molar-refractivity contribution is 9.11. The van der Waals surface area contributed by atoms with Crippen molar-refractivity contribution < 1.29 is 14.6 Å². The summed E-state index contributed by atoms with van der Waals surface area (Å²) in [5.41, 5.74) is 0. The highest BCUT2D eigenvalue weighted by Crippen LogP contribution is 2.13. The lowest BCUT2D eigenvalue weighted by Gasteiger charge is -2.05. The number of hydrogen-bond donors (Lipinski definition) is 1. The van der Waals surface area contributed by atoms with Gasteiger partial charge in [0.05, 0.1) is 19.1 Å². The van der Waals surface area contributed by atoms with Gasteiger partial charge in [-0.1, -0.05) is 78.6 Å². The van der Waals surface area contributed by atoms with E-state index in [-0.39, 0.29) is 12.1 Å². The van der Waals surface area contributed by atoms with Crippen molar-refractivity contribution in [2.75, 3.05) is 6.61 Å². The first-order valence-corrected chi connectivity index (χ1v) is 11.4. The number of esters is 1. The Morgan fingerprint density at radius 3 is 2.66 bits per heavy atom. The first-order chi connectivity index (χ1) is 14.1. The molecular weight excluding hydrogens is 428 g/mol. The van der Waals surface area contributed by atoms with Gasteiger partial charge in [0.25, 0.3) is 0 Å². The number of rotatable bonds is 14. The molecule has 0 aliphatic heterocycles. The average Bonchev–Trinajstić information content (AvgIpc) is 2.68. The fourth-order valence-corrected chi connectivity index (χ4v) is 2.87. The van der Waals surface area contributed by atoms with Crippen molar-refractivity contribution in [2.24, 2.45) is 0 Å². The Morgan fingerprint density at radius 1 is 1.10 bits per heavy atom. The van der Waals surface area contributed by atoms with Crippen molar-refractivity contribution >= 4 is 21.9 Å². The molecule has 0 spiro atoms. The van der Waals surface area contributed by atoms with E-state index in [9.17, 15) is 9.90 Å². The van der Waals surface area contributed by atoms with Gasteiger partial charge < -0.3 is 9.84 Å². The SMILES string of the molecule is CCCC=CC(Br)=CC(O)CCCCCCC=CC#CC#CCCC(=O)OCC. The lowest BCUT2D eigenvalue weighted by atomic mass is 10.1. The topological polar surface area (TPSA) is 46.5 Å². The summed E-state index contributed by atoms with van der Waals surface area (Å²) in [6.45, 7) is 4.34. The lowest BCUT2D eigenvalue weighted by molar-refractivity contribution is -0.142. The lowest BCUT2D eigenvalue weighted by Crippen LogP contribution is -2.02. The van der Waals surface area contributed by atoms with Crippen LogP contribution in [0.3, 0.4) is 0 Å². The summed E-state index contributed by atoms with van der Waals surface area (Å²) in [5.74, 6) is 11.0. The number of carbonyl (C=O) groups is 1. The molecule has 160 valence electrons. The van der Waals surface area contributed by atoms with E-state index in [0.29, 0.717) is 19.4 Å². The van der Waals surface area contributed by atoms with E-state index in [2.05, 4.69) is 58.7 Å². The van der Waals surface area contributed by atoms with Gasteiger partial charge in [-0.05, 0) is 56.6 Å². The van der Waals surface area contributed by atoms with Crippen LogP contribution in [0.15, 0.2) is 34.9 Å². The number of halogens is 1. The third-order valence-electron chi connectivity index (χ3n) is 3.89. The summed E-state index contributed by atoms with van der Waals surface area (Å²) in [7, 11) is 0. The monoisotopic (exact) mass is 462 g/mol. The molecule has 0 saturated carbocycles. The Bertz CT molecular complexity index is 638. The Morgan fingerprint density at radius 2 is 1.90 bits per heavy atom. The average molecular weight is 463 g/mol. The zero-order chi connectivity index (χ0) is 21.6. The molecule has 1 N–H and O–H groups in total. The number of unbranched alkanes of at least 4 members (excludes halogenated alkanes) is 5. The number of allylic oxidation sites excluding steroid dienone is 5. The Labute approximate surface area is 185 Å². The summed E-state index contributed by atoms with van der Waals surface area (Å²) in [4.78, 5) is 11.1. The number of aliphatic hydroxyl groups excluding tert-OH is 1. The van der Waals surface area contributed by atoms with Crippen molar-refractivity contribution in [3.63, 3.8) is 0 Å². The number of hydrogen-bond acceptors (Lipinski definition) is 3. The molecule has 1 unspecified atom stereocenters. The molecule has 1 atom stereocenters. The van der Waals surface area contributed by atoms with Crippen LogP contribution in [0.1, 0.15) is 78.1 Å². The minimum absolute atomic E-state index is 0.215. The first kappa shape index (κ1) is 27.2. The van der Waals surface area contributed by atoms with Gasteiger partial charge in [-0.3, -0.25) is 4.79 Å². The molecule has 3 nitrogen and oxygen atoms in total. The molecule has 0 fully saturated rings. The van der Waals surface area contributed by atoms with Gasteiger partial charge in [-0.2, -0.15) is 0 Å². The van der Waals surface area contributed by atoms with E-state index in [1.54, 1.807) is 6.92 Å². The first-order valence-electron chi connectivity index (χ1n) is 10.6. The van der Waals surface area contributed by atoms with Gasteiger partial charge in [0.2, 0.25) is 0 Å². The maximum absolute atomic E-state index is 11.1. The molecule has 29 heavy (non-hydrogen) atoms. The summed E-state index contributed by atoms with van der Waals surface area (Å²) in [6.07, 6.45) is 18.7. The van der Waals surface area contributed by atoms with E-state index in [0.717, 1.165) is 55.8 Å². The smallest absolute Gasteiger partial charge is 0.306 e. The molecule has 4 heteroatoms. The zero-order valence-corrected chi connectivity index (χ0v) is 19.5. The van der Waals surface area contributed by atoms with Crippen LogP contribution in [-0.4, -0.2) is 23.8 Å². The molecule has 0 radical (unpaired) electrons. The maximum atomic E-state index is 11.1. The predicted octanol–water partition coefficient (Wildman–Crippen LogP) is 6.23. The largest absolute Gasteiger partial charge is 0.466 e. The molecule has 0 saturated heterocycles. The van der Waals surface area contributed by atoms with E-state index in [1.165, 1.54) is 0 Å². The molecule has 0 aromatic heterocycles. The predicted molar refractivity (Wildman–Crippen MR) is 125 cm³/mol. The third-order valence-corrected chi connectivity index (χ3v) is 4.42. The van der Waals surface area contributed by atoms with E-state index < -0.39 is 0 Å². The molecule has 0 aliphatic carbocycles. The molecule has 0 rings (SSSR count). The van der Waals surface area contributed by atoms with E-state index in [1.807, 2.05) is 18.2 Å². The second-order valence-corrected chi connectivity index (χ2v) is 7.50. The van der Waals surface area contributed by atoms with Crippen molar-refractivity contribution in [2.45, 2.75) is 84.2 Å². The van der Waals surface area contributed by atoms with Crippen LogP contribution in [0, 0.1) is 23.7 Å². The van der Waals surface area contributed by atoms with Gasteiger partial charge in [0.15, 0.2) is 0 Å². The summed E-state index contributed by atoms with van der Waals surface area (Å²) in [6, 6.07) is 0. The summed E-state index contributed by atoms with van der Waals surface area (Å²) < 4.78 is 5.77. The third kappa shape index (κ3) is 20.8. The van der Waals surface area contributed by atoms with Crippen LogP contribution in [0.25, 0.3) is 0 Å². The van der Waals surface area contributed by atoms with Gasteiger partial charge in [0.1, 0.15) is 0 Å². The molecule has 0 aromatic rings. The van der Waals surface area contributed by atoms with Crippen LogP contribution < -0.4 is 0 Å². The fourth-order valence-electron chi connectivity index (χ4n) is 2.38.